The standard InChI is InChI=1S/C17H23FN4O2/c1-12(2)15-10-22(8-9-23-15)17-20-19-16(21(17)3)11-24-14-6-4-13(18)5-7-14/h4-7,12,15H,8-11H2,1-3H3. The summed E-state index contributed by atoms with van der Waals surface area (Å²) in [5.74, 6) is 2.33. The second-order valence-electron chi connectivity index (χ2n) is 6.32. The molecule has 1 saturated heterocycles. The number of anilines is 1. The quantitative estimate of drug-likeness (QED) is 0.840. The molecule has 0 bridgehead atoms. The molecular formula is C17H23FN4O2. The molecule has 0 N–H and O–H groups in total. The number of rotatable bonds is 5. The van der Waals surface area contributed by atoms with Crippen LogP contribution >= 0.6 is 0 Å². The van der Waals surface area contributed by atoms with Gasteiger partial charge in [0.2, 0.25) is 5.95 Å². The predicted molar refractivity (Wildman–Crippen MR) is 88.5 cm³/mol. The Morgan fingerprint density at radius 2 is 2.04 bits per heavy atom. The van der Waals surface area contributed by atoms with Crippen LogP contribution in [0, 0.1) is 11.7 Å². The minimum Gasteiger partial charge on any atom is -0.486 e. The molecule has 2 heterocycles. The van der Waals surface area contributed by atoms with Crippen LogP contribution in [0.5, 0.6) is 5.75 Å². The van der Waals surface area contributed by atoms with E-state index < -0.39 is 0 Å². The summed E-state index contributed by atoms with van der Waals surface area (Å²) in [7, 11) is 1.93. The summed E-state index contributed by atoms with van der Waals surface area (Å²) in [5.41, 5.74) is 0. The number of aromatic nitrogens is 3. The first-order valence-corrected chi connectivity index (χ1v) is 8.18. The molecule has 1 aromatic carbocycles. The fourth-order valence-electron chi connectivity index (χ4n) is 2.69. The van der Waals surface area contributed by atoms with Crippen molar-refractivity contribution in [3.05, 3.63) is 35.9 Å². The van der Waals surface area contributed by atoms with Crippen LogP contribution in [0.1, 0.15) is 19.7 Å². The summed E-state index contributed by atoms with van der Waals surface area (Å²) in [4.78, 5) is 2.20. The van der Waals surface area contributed by atoms with E-state index in [0.29, 0.717) is 18.3 Å². The van der Waals surface area contributed by atoms with Gasteiger partial charge in [0.25, 0.3) is 0 Å². The molecule has 1 aliphatic rings. The van der Waals surface area contributed by atoms with Crippen molar-refractivity contribution in [2.24, 2.45) is 13.0 Å². The van der Waals surface area contributed by atoms with Gasteiger partial charge in [0, 0.05) is 20.1 Å². The summed E-state index contributed by atoms with van der Waals surface area (Å²) in [5, 5.41) is 8.53. The summed E-state index contributed by atoms with van der Waals surface area (Å²) in [6.07, 6.45) is 0.203. The number of morpholine rings is 1. The van der Waals surface area contributed by atoms with Gasteiger partial charge in [0.05, 0.1) is 12.7 Å². The molecule has 1 aliphatic heterocycles. The second-order valence-corrected chi connectivity index (χ2v) is 6.32. The topological polar surface area (TPSA) is 52.4 Å². The molecule has 1 atom stereocenters. The van der Waals surface area contributed by atoms with Crippen LogP contribution in [0.25, 0.3) is 0 Å². The molecule has 1 unspecified atom stereocenters. The summed E-state index contributed by atoms with van der Waals surface area (Å²) < 4.78 is 26.3. The molecule has 0 amide bonds. The van der Waals surface area contributed by atoms with Crippen LogP contribution in [0.15, 0.2) is 24.3 Å². The van der Waals surface area contributed by atoms with Crippen molar-refractivity contribution in [1.82, 2.24) is 14.8 Å². The van der Waals surface area contributed by atoms with Gasteiger partial charge in [-0.1, -0.05) is 13.8 Å². The van der Waals surface area contributed by atoms with Crippen molar-refractivity contribution >= 4 is 5.95 Å². The molecule has 6 nitrogen and oxygen atoms in total. The maximum absolute atomic E-state index is 12.9. The van der Waals surface area contributed by atoms with Crippen molar-refractivity contribution in [2.45, 2.75) is 26.6 Å². The van der Waals surface area contributed by atoms with Crippen molar-refractivity contribution in [3.63, 3.8) is 0 Å². The van der Waals surface area contributed by atoms with Gasteiger partial charge in [-0.3, -0.25) is 4.57 Å². The third-order valence-corrected chi connectivity index (χ3v) is 4.24. The highest BCUT2D eigenvalue weighted by molar-refractivity contribution is 5.32. The van der Waals surface area contributed by atoms with Gasteiger partial charge >= 0.3 is 0 Å². The molecule has 130 valence electrons. The normalized spacial score (nSPS) is 18.2. The van der Waals surface area contributed by atoms with Gasteiger partial charge in [0.15, 0.2) is 5.82 Å². The number of benzene rings is 1. The first kappa shape index (κ1) is 16.7. The van der Waals surface area contributed by atoms with Crippen molar-refractivity contribution in [1.29, 1.82) is 0 Å². The highest BCUT2D eigenvalue weighted by Gasteiger charge is 2.26. The van der Waals surface area contributed by atoms with Crippen LogP contribution in [-0.2, 0) is 18.4 Å². The molecule has 3 rings (SSSR count). The zero-order valence-corrected chi connectivity index (χ0v) is 14.3. The lowest BCUT2D eigenvalue weighted by molar-refractivity contribution is 0.0107. The van der Waals surface area contributed by atoms with E-state index in [1.54, 1.807) is 12.1 Å². The zero-order valence-electron chi connectivity index (χ0n) is 14.3. The molecule has 2 aromatic rings. The summed E-state index contributed by atoms with van der Waals surface area (Å²) in [6.45, 7) is 6.90. The maximum Gasteiger partial charge on any atom is 0.227 e. The van der Waals surface area contributed by atoms with Gasteiger partial charge in [0.1, 0.15) is 18.2 Å². The van der Waals surface area contributed by atoms with Crippen LogP contribution in [0.3, 0.4) is 0 Å². The van der Waals surface area contributed by atoms with Crippen molar-refractivity contribution < 1.29 is 13.9 Å². The maximum atomic E-state index is 12.9. The third-order valence-electron chi connectivity index (χ3n) is 4.24. The molecule has 0 saturated carbocycles. The first-order chi connectivity index (χ1) is 11.5. The minimum atomic E-state index is -0.282. The Morgan fingerprint density at radius 1 is 1.29 bits per heavy atom. The molecule has 0 aliphatic carbocycles. The highest BCUT2D eigenvalue weighted by atomic mass is 19.1. The van der Waals surface area contributed by atoms with Crippen LogP contribution in [-0.4, -0.2) is 40.6 Å². The van der Waals surface area contributed by atoms with Gasteiger partial charge < -0.3 is 14.4 Å². The number of nitrogens with zero attached hydrogens (tertiary/aromatic N) is 4. The van der Waals surface area contributed by atoms with E-state index in [9.17, 15) is 4.39 Å². The van der Waals surface area contributed by atoms with Crippen LogP contribution in [0.2, 0.25) is 0 Å². The SMILES string of the molecule is CC(C)C1CN(c2nnc(COc3ccc(F)cc3)n2C)CCO1. The number of hydrogen-bond acceptors (Lipinski definition) is 5. The van der Waals surface area contributed by atoms with Crippen LogP contribution in [0.4, 0.5) is 10.3 Å². The van der Waals surface area contributed by atoms with E-state index in [4.69, 9.17) is 9.47 Å². The number of ether oxygens (including phenoxy) is 2. The first-order valence-electron chi connectivity index (χ1n) is 8.18. The molecule has 7 heteroatoms. The van der Waals surface area contributed by atoms with E-state index in [1.165, 1.54) is 12.1 Å². The Bertz CT molecular complexity index is 672. The Morgan fingerprint density at radius 3 is 2.75 bits per heavy atom. The third kappa shape index (κ3) is 3.67. The lowest BCUT2D eigenvalue weighted by Crippen LogP contribution is -2.45. The number of hydrogen-bond donors (Lipinski definition) is 0. The van der Waals surface area contributed by atoms with Crippen LogP contribution < -0.4 is 9.64 Å². The molecule has 1 fully saturated rings. The van der Waals surface area contributed by atoms with E-state index >= 15 is 0 Å². The monoisotopic (exact) mass is 334 g/mol. The lowest BCUT2D eigenvalue weighted by atomic mass is 10.1. The Kier molecular flexibility index (Phi) is 4.99. The highest BCUT2D eigenvalue weighted by Crippen LogP contribution is 2.20. The average Bonchev–Trinajstić information content (AvgIpc) is 2.95. The summed E-state index contributed by atoms with van der Waals surface area (Å²) >= 11 is 0. The van der Waals surface area contributed by atoms with E-state index in [-0.39, 0.29) is 18.5 Å². The predicted octanol–water partition coefficient (Wildman–Crippen LogP) is 2.39. The van der Waals surface area contributed by atoms with Gasteiger partial charge in [-0.05, 0) is 30.2 Å². The van der Waals surface area contributed by atoms with Gasteiger partial charge in [-0.2, -0.15) is 0 Å². The fraction of sp³-hybridized carbons (Fsp3) is 0.529. The molecule has 1 aromatic heterocycles. The Balaban J connectivity index is 1.66. The zero-order chi connectivity index (χ0) is 17.1. The second kappa shape index (κ2) is 7.17. The van der Waals surface area contributed by atoms with Crippen molar-refractivity contribution in [3.8, 4) is 5.75 Å². The van der Waals surface area contributed by atoms with E-state index in [0.717, 1.165) is 24.9 Å². The molecule has 0 spiro atoms. The molecule has 24 heavy (non-hydrogen) atoms. The Hall–Kier alpha value is -2.15. The lowest BCUT2D eigenvalue weighted by Gasteiger charge is -2.35. The fourth-order valence-corrected chi connectivity index (χ4v) is 2.69. The largest absolute Gasteiger partial charge is 0.486 e. The number of halogens is 1. The van der Waals surface area contributed by atoms with E-state index in [2.05, 4.69) is 28.9 Å². The van der Waals surface area contributed by atoms with E-state index in [1.807, 2.05) is 11.6 Å². The van der Waals surface area contributed by atoms with Crippen molar-refractivity contribution in [2.75, 3.05) is 24.6 Å². The smallest absolute Gasteiger partial charge is 0.227 e. The van der Waals surface area contributed by atoms with Gasteiger partial charge in [-0.25, -0.2) is 4.39 Å². The average molecular weight is 334 g/mol. The molecule has 0 radical (unpaired) electrons. The van der Waals surface area contributed by atoms with Gasteiger partial charge in [-0.15, -0.1) is 10.2 Å². The minimum absolute atomic E-state index is 0.203. The summed E-state index contributed by atoms with van der Waals surface area (Å²) in [6, 6.07) is 5.94. The Labute approximate surface area is 141 Å². The molecular weight excluding hydrogens is 311 g/mol.